The molecule has 1 aromatic rings. The number of hydrogen-bond donors (Lipinski definition) is 2. The molecule has 0 bridgehead atoms. The van der Waals surface area contributed by atoms with E-state index in [1.54, 1.807) is 13.0 Å². The summed E-state index contributed by atoms with van der Waals surface area (Å²) in [7, 11) is 0. The highest BCUT2D eigenvalue weighted by Crippen LogP contribution is 2.37. The SMILES string of the molecule is CC(O)c1ccc2c(c1)N(CCC(=O)O)C(=O)CS2. The molecule has 2 N–H and O–H groups in total. The summed E-state index contributed by atoms with van der Waals surface area (Å²) in [5, 5.41) is 18.3. The number of carboxylic acids is 1. The summed E-state index contributed by atoms with van der Waals surface area (Å²) in [6.45, 7) is 1.81. The number of carbonyl (C=O) groups excluding carboxylic acids is 1. The predicted octanol–water partition coefficient (Wildman–Crippen LogP) is 1.65. The van der Waals surface area contributed by atoms with E-state index in [1.807, 2.05) is 12.1 Å². The molecule has 1 aliphatic heterocycles. The third kappa shape index (κ3) is 3.08. The summed E-state index contributed by atoms with van der Waals surface area (Å²) < 4.78 is 0. The van der Waals surface area contributed by atoms with Gasteiger partial charge in [0.05, 0.1) is 24.0 Å². The summed E-state index contributed by atoms with van der Waals surface area (Å²) in [5.74, 6) is -0.707. The molecule has 0 aliphatic carbocycles. The number of anilines is 1. The molecule has 1 aliphatic rings. The second-order valence-electron chi connectivity index (χ2n) is 4.38. The van der Waals surface area contributed by atoms with Crippen molar-refractivity contribution in [3.63, 3.8) is 0 Å². The number of nitrogens with zero attached hydrogens (tertiary/aromatic N) is 1. The molecule has 6 heteroatoms. The molecule has 102 valence electrons. The average molecular weight is 281 g/mol. The molecular weight excluding hydrogens is 266 g/mol. The van der Waals surface area contributed by atoms with Gasteiger partial charge in [0.2, 0.25) is 5.91 Å². The first-order chi connectivity index (χ1) is 8.99. The van der Waals surface area contributed by atoms with Crippen LogP contribution < -0.4 is 4.90 Å². The molecule has 0 saturated heterocycles. The second-order valence-corrected chi connectivity index (χ2v) is 5.40. The quantitative estimate of drug-likeness (QED) is 0.877. The molecule has 1 aromatic carbocycles. The van der Waals surface area contributed by atoms with Gasteiger partial charge < -0.3 is 15.1 Å². The first kappa shape index (κ1) is 13.9. The minimum Gasteiger partial charge on any atom is -0.481 e. The number of amides is 1. The van der Waals surface area contributed by atoms with Crippen LogP contribution in [0.3, 0.4) is 0 Å². The Morgan fingerprint density at radius 1 is 1.53 bits per heavy atom. The van der Waals surface area contributed by atoms with Gasteiger partial charge in [0.1, 0.15) is 0 Å². The van der Waals surface area contributed by atoms with Crippen LogP contribution in [0.5, 0.6) is 0 Å². The molecule has 0 radical (unpaired) electrons. The standard InChI is InChI=1S/C13H15NO4S/c1-8(15)9-2-3-11-10(6-9)14(5-4-13(17)18)12(16)7-19-11/h2-3,6,8,15H,4-5,7H2,1H3,(H,17,18). The largest absolute Gasteiger partial charge is 0.481 e. The van der Waals surface area contributed by atoms with Crippen LogP contribution in [0.4, 0.5) is 5.69 Å². The van der Waals surface area contributed by atoms with Crippen molar-refractivity contribution in [2.75, 3.05) is 17.2 Å². The van der Waals surface area contributed by atoms with Gasteiger partial charge in [-0.15, -0.1) is 11.8 Å². The molecular formula is C13H15NO4S. The van der Waals surface area contributed by atoms with Crippen molar-refractivity contribution in [2.45, 2.75) is 24.3 Å². The van der Waals surface area contributed by atoms with E-state index in [0.717, 1.165) is 10.5 Å². The van der Waals surface area contributed by atoms with Crippen LogP contribution in [-0.4, -0.2) is 34.4 Å². The Labute approximate surface area is 115 Å². The van der Waals surface area contributed by atoms with Gasteiger partial charge in [0, 0.05) is 11.4 Å². The number of carbonyl (C=O) groups is 2. The molecule has 1 heterocycles. The third-order valence-electron chi connectivity index (χ3n) is 2.96. The van der Waals surface area contributed by atoms with Crippen molar-refractivity contribution in [3.8, 4) is 0 Å². The fraction of sp³-hybridized carbons (Fsp3) is 0.385. The van der Waals surface area contributed by atoms with Crippen molar-refractivity contribution in [2.24, 2.45) is 0 Å². The lowest BCUT2D eigenvalue weighted by molar-refractivity contribution is -0.136. The number of hydrogen-bond acceptors (Lipinski definition) is 4. The van der Waals surface area contributed by atoms with E-state index in [4.69, 9.17) is 5.11 Å². The monoisotopic (exact) mass is 281 g/mol. The zero-order chi connectivity index (χ0) is 14.0. The number of fused-ring (bicyclic) bond motifs is 1. The summed E-state index contributed by atoms with van der Waals surface area (Å²) >= 11 is 1.43. The highest BCUT2D eigenvalue weighted by molar-refractivity contribution is 8.00. The first-order valence-corrected chi connectivity index (χ1v) is 6.94. The van der Waals surface area contributed by atoms with Crippen molar-refractivity contribution in [1.29, 1.82) is 0 Å². The van der Waals surface area contributed by atoms with Gasteiger partial charge in [-0.05, 0) is 24.6 Å². The normalized spacial score (nSPS) is 16.1. The molecule has 0 aromatic heterocycles. The zero-order valence-corrected chi connectivity index (χ0v) is 11.3. The topological polar surface area (TPSA) is 77.8 Å². The first-order valence-electron chi connectivity index (χ1n) is 5.96. The highest BCUT2D eigenvalue weighted by Gasteiger charge is 2.25. The van der Waals surface area contributed by atoms with Crippen molar-refractivity contribution in [3.05, 3.63) is 23.8 Å². The lowest BCUT2D eigenvalue weighted by Crippen LogP contribution is -2.37. The molecule has 5 nitrogen and oxygen atoms in total. The Morgan fingerprint density at radius 2 is 2.26 bits per heavy atom. The van der Waals surface area contributed by atoms with Crippen LogP contribution in [0, 0.1) is 0 Å². The molecule has 0 fully saturated rings. The number of aliphatic hydroxyl groups excluding tert-OH is 1. The van der Waals surface area contributed by atoms with Gasteiger partial charge in [0.15, 0.2) is 0 Å². The van der Waals surface area contributed by atoms with Crippen LogP contribution in [0.2, 0.25) is 0 Å². The van der Waals surface area contributed by atoms with Crippen molar-refractivity contribution in [1.82, 2.24) is 0 Å². The van der Waals surface area contributed by atoms with Crippen LogP contribution >= 0.6 is 11.8 Å². The van der Waals surface area contributed by atoms with Crippen LogP contribution in [0.15, 0.2) is 23.1 Å². The van der Waals surface area contributed by atoms with E-state index in [2.05, 4.69) is 0 Å². The fourth-order valence-corrected chi connectivity index (χ4v) is 2.85. The number of rotatable bonds is 4. The smallest absolute Gasteiger partial charge is 0.305 e. The second kappa shape index (κ2) is 5.63. The van der Waals surface area contributed by atoms with Gasteiger partial charge in [0.25, 0.3) is 0 Å². The summed E-state index contributed by atoms with van der Waals surface area (Å²) in [6.07, 6.45) is -0.706. The van der Waals surface area contributed by atoms with Gasteiger partial charge in [-0.2, -0.15) is 0 Å². The molecule has 0 saturated carbocycles. The summed E-state index contributed by atoms with van der Waals surface area (Å²) in [5.41, 5.74) is 1.41. The maximum Gasteiger partial charge on any atom is 0.305 e. The maximum absolute atomic E-state index is 11.9. The van der Waals surface area contributed by atoms with E-state index in [-0.39, 0.29) is 18.9 Å². The Bertz CT molecular complexity index is 515. The highest BCUT2D eigenvalue weighted by atomic mass is 32.2. The number of carboxylic acid groups (broad SMARTS) is 1. The number of benzene rings is 1. The molecule has 0 spiro atoms. The molecule has 1 unspecified atom stereocenters. The van der Waals surface area contributed by atoms with E-state index < -0.39 is 12.1 Å². The lowest BCUT2D eigenvalue weighted by atomic mass is 10.1. The Balaban J connectivity index is 2.32. The molecule has 1 amide bonds. The average Bonchev–Trinajstić information content (AvgIpc) is 2.36. The van der Waals surface area contributed by atoms with Crippen LogP contribution in [0.1, 0.15) is 25.0 Å². The third-order valence-corrected chi connectivity index (χ3v) is 4.01. The van der Waals surface area contributed by atoms with Crippen LogP contribution in [-0.2, 0) is 9.59 Å². The molecule has 1 atom stereocenters. The van der Waals surface area contributed by atoms with E-state index in [1.165, 1.54) is 16.7 Å². The Kier molecular flexibility index (Phi) is 4.11. The Hall–Kier alpha value is -1.53. The summed E-state index contributed by atoms with van der Waals surface area (Å²) in [6, 6.07) is 5.44. The minimum absolute atomic E-state index is 0.0885. The minimum atomic E-state index is -0.931. The Morgan fingerprint density at radius 3 is 2.89 bits per heavy atom. The summed E-state index contributed by atoms with van der Waals surface area (Å²) in [4.78, 5) is 25.0. The lowest BCUT2D eigenvalue weighted by Gasteiger charge is -2.29. The fourth-order valence-electron chi connectivity index (χ4n) is 1.93. The predicted molar refractivity (Wildman–Crippen MR) is 72.4 cm³/mol. The molecule has 2 rings (SSSR count). The van der Waals surface area contributed by atoms with Crippen LogP contribution in [0.25, 0.3) is 0 Å². The molecule has 19 heavy (non-hydrogen) atoms. The number of aliphatic hydroxyl groups is 1. The maximum atomic E-state index is 11.9. The zero-order valence-electron chi connectivity index (χ0n) is 10.5. The number of thioether (sulfide) groups is 1. The van der Waals surface area contributed by atoms with E-state index in [9.17, 15) is 14.7 Å². The van der Waals surface area contributed by atoms with E-state index in [0.29, 0.717) is 11.4 Å². The van der Waals surface area contributed by atoms with Gasteiger partial charge in [-0.1, -0.05) is 6.07 Å². The van der Waals surface area contributed by atoms with Gasteiger partial charge in [-0.25, -0.2) is 0 Å². The van der Waals surface area contributed by atoms with Gasteiger partial charge >= 0.3 is 5.97 Å². The van der Waals surface area contributed by atoms with Crippen molar-refractivity contribution < 1.29 is 19.8 Å². The van der Waals surface area contributed by atoms with E-state index >= 15 is 0 Å². The number of aliphatic carboxylic acids is 1. The van der Waals surface area contributed by atoms with Crippen molar-refractivity contribution >= 4 is 29.3 Å². The van der Waals surface area contributed by atoms with Gasteiger partial charge in [-0.3, -0.25) is 9.59 Å².